The molecule has 0 unspecified atom stereocenters. The Labute approximate surface area is 195 Å². The normalized spacial score (nSPS) is 10.7. The summed E-state index contributed by atoms with van der Waals surface area (Å²) in [6.45, 7) is 5.11. The number of hydrogen-bond donors (Lipinski definition) is 1. The zero-order chi connectivity index (χ0) is 22.7. The minimum Gasteiger partial charge on any atom is -0.347 e. The molecular formula is C25H21ClN4OS. The number of amides is 1. The molecule has 0 aliphatic rings. The van der Waals surface area contributed by atoms with Crippen LogP contribution in [0.4, 0.5) is 0 Å². The number of aryl methyl sites for hydroxylation is 1. The number of hydrogen-bond acceptors (Lipinski definition) is 4. The molecule has 0 atom stereocenters. The standard InChI is InChI=1S/C25H21ClN4OS/c1-16-24(20-9-10-21(13-27)23(26)12-20)17(2)30(29-16)15-18-5-7-19(8-6-18)25(31)28-14-22-4-3-11-32-22/h3-12H,14-15H2,1-2H3,(H,28,31). The summed E-state index contributed by atoms with van der Waals surface area (Å²) in [6, 6.07) is 19.1. The minimum atomic E-state index is -0.0870. The maximum atomic E-state index is 12.4. The third-order valence-corrected chi connectivity index (χ3v) is 6.50. The Morgan fingerprint density at radius 3 is 2.62 bits per heavy atom. The SMILES string of the molecule is Cc1nn(Cc2ccc(C(=O)NCc3cccs3)cc2)c(C)c1-c1ccc(C#N)c(Cl)c1. The van der Waals surface area contributed by atoms with Gasteiger partial charge in [0.2, 0.25) is 0 Å². The summed E-state index contributed by atoms with van der Waals surface area (Å²) in [5, 5.41) is 19.2. The van der Waals surface area contributed by atoms with Crippen molar-refractivity contribution in [3.8, 4) is 17.2 Å². The molecule has 0 radical (unpaired) electrons. The highest BCUT2D eigenvalue weighted by Crippen LogP contribution is 2.30. The van der Waals surface area contributed by atoms with Gasteiger partial charge in [-0.1, -0.05) is 35.9 Å². The van der Waals surface area contributed by atoms with E-state index in [-0.39, 0.29) is 5.91 Å². The third-order valence-electron chi connectivity index (χ3n) is 5.31. The van der Waals surface area contributed by atoms with E-state index in [2.05, 4.69) is 11.4 Å². The fourth-order valence-corrected chi connectivity index (χ4v) is 4.51. The average molecular weight is 461 g/mol. The van der Waals surface area contributed by atoms with Gasteiger partial charge >= 0.3 is 0 Å². The summed E-state index contributed by atoms with van der Waals surface area (Å²) in [7, 11) is 0. The summed E-state index contributed by atoms with van der Waals surface area (Å²) in [4.78, 5) is 13.5. The molecule has 1 amide bonds. The van der Waals surface area contributed by atoms with E-state index in [9.17, 15) is 4.79 Å². The van der Waals surface area contributed by atoms with Crippen molar-refractivity contribution in [3.63, 3.8) is 0 Å². The number of thiophene rings is 1. The van der Waals surface area contributed by atoms with E-state index in [4.69, 9.17) is 22.0 Å². The van der Waals surface area contributed by atoms with Gasteiger partial charge in [-0.25, -0.2) is 0 Å². The van der Waals surface area contributed by atoms with Crippen molar-refractivity contribution in [1.29, 1.82) is 5.26 Å². The molecule has 0 saturated carbocycles. The van der Waals surface area contributed by atoms with E-state index in [0.717, 1.165) is 33.0 Å². The highest BCUT2D eigenvalue weighted by Gasteiger charge is 2.15. The number of nitriles is 1. The smallest absolute Gasteiger partial charge is 0.251 e. The molecule has 2 heterocycles. The van der Waals surface area contributed by atoms with Crippen LogP contribution >= 0.6 is 22.9 Å². The van der Waals surface area contributed by atoms with E-state index < -0.39 is 0 Å². The average Bonchev–Trinajstić information content (AvgIpc) is 3.40. The highest BCUT2D eigenvalue weighted by molar-refractivity contribution is 7.09. The lowest BCUT2D eigenvalue weighted by Crippen LogP contribution is -2.22. The Balaban J connectivity index is 1.49. The Morgan fingerprint density at radius 2 is 1.97 bits per heavy atom. The number of aromatic nitrogens is 2. The van der Waals surface area contributed by atoms with Gasteiger partial charge in [0.05, 0.1) is 29.4 Å². The summed E-state index contributed by atoms with van der Waals surface area (Å²) in [5.41, 5.74) is 6.00. The lowest BCUT2D eigenvalue weighted by Gasteiger charge is -2.08. The predicted octanol–water partition coefficient (Wildman–Crippen LogP) is 5.73. The molecule has 5 nitrogen and oxygen atoms in total. The zero-order valence-electron chi connectivity index (χ0n) is 17.7. The van der Waals surface area contributed by atoms with Crippen molar-refractivity contribution in [1.82, 2.24) is 15.1 Å². The Morgan fingerprint density at radius 1 is 1.19 bits per heavy atom. The second-order valence-corrected chi connectivity index (χ2v) is 8.91. The van der Waals surface area contributed by atoms with Gasteiger partial charge in [0.15, 0.2) is 0 Å². The number of benzene rings is 2. The van der Waals surface area contributed by atoms with Crippen LogP contribution in [0.1, 0.15) is 37.7 Å². The number of carbonyl (C=O) groups is 1. The van der Waals surface area contributed by atoms with Crippen molar-refractivity contribution in [3.05, 3.63) is 98.0 Å². The first-order chi connectivity index (χ1) is 15.5. The van der Waals surface area contributed by atoms with E-state index in [1.165, 1.54) is 0 Å². The van der Waals surface area contributed by atoms with Gasteiger partial charge in [0.1, 0.15) is 6.07 Å². The Bertz CT molecular complexity index is 1300. The molecule has 0 bridgehead atoms. The van der Waals surface area contributed by atoms with Crippen LogP contribution in [0.15, 0.2) is 60.0 Å². The van der Waals surface area contributed by atoms with E-state index in [1.807, 2.05) is 72.4 Å². The third kappa shape index (κ3) is 4.59. The van der Waals surface area contributed by atoms with Gasteiger partial charge in [0.25, 0.3) is 5.91 Å². The molecule has 0 aliphatic heterocycles. The van der Waals surface area contributed by atoms with Gasteiger partial charge < -0.3 is 5.32 Å². The van der Waals surface area contributed by atoms with Crippen molar-refractivity contribution in [2.75, 3.05) is 0 Å². The first-order valence-corrected chi connectivity index (χ1v) is 11.4. The van der Waals surface area contributed by atoms with E-state index >= 15 is 0 Å². The molecule has 1 N–H and O–H groups in total. The molecular weight excluding hydrogens is 440 g/mol. The Kier molecular flexibility index (Phi) is 6.40. The quantitative estimate of drug-likeness (QED) is 0.399. The molecule has 0 aliphatic carbocycles. The first kappa shape index (κ1) is 21.8. The lowest BCUT2D eigenvalue weighted by molar-refractivity contribution is 0.0951. The van der Waals surface area contributed by atoms with E-state index in [1.54, 1.807) is 17.4 Å². The van der Waals surface area contributed by atoms with Gasteiger partial charge in [0, 0.05) is 21.7 Å². The van der Waals surface area contributed by atoms with Crippen molar-refractivity contribution < 1.29 is 4.79 Å². The highest BCUT2D eigenvalue weighted by atomic mass is 35.5. The molecule has 2 aromatic carbocycles. The number of halogens is 1. The van der Waals surface area contributed by atoms with Crippen LogP contribution in [0.3, 0.4) is 0 Å². The second kappa shape index (κ2) is 9.39. The molecule has 0 saturated heterocycles. The minimum absolute atomic E-state index is 0.0870. The van der Waals surface area contributed by atoms with Crippen molar-refractivity contribution >= 4 is 28.8 Å². The number of carbonyl (C=O) groups excluding carboxylic acids is 1. The summed E-state index contributed by atoms with van der Waals surface area (Å²) >= 11 is 7.85. The summed E-state index contributed by atoms with van der Waals surface area (Å²) in [5.74, 6) is -0.0870. The van der Waals surface area contributed by atoms with Crippen LogP contribution in [0, 0.1) is 25.2 Å². The molecule has 32 heavy (non-hydrogen) atoms. The molecule has 4 rings (SSSR count). The summed E-state index contributed by atoms with van der Waals surface area (Å²) < 4.78 is 1.95. The van der Waals surface area contributed by atoms with Crippen LogP contribution in [0.5, 0.6) is 0 Å². The Hall–Kier alpha value is -3.40. The molecule has 0 fully saturated rings. The number of nitrogens with one attached hydrogen (secondary N) is 1. The molecule has 4 aromatic rings. The topological polar surface area (TPSA) is 70.7 Å². The van der Waals surface area contributed by atoms with Crippen LogP contribution < -0.4 is 5.32 Å². The molecule has 0 spiro atoms. The van der Waals surface area contributed by atoms with Crippen LogP contribution in [0.2, 0.25) is 5.02 Å². The maximum Gasteiger partial charge on any atom is 0.251 e. The molecule has 160 valence electrons. The van der Waals surface area contributed by atoms with Gasteiger partial charge in [-0.05, 0) is 60.7 Å². The molecule has 2 aromatic heterocycles. The van der Waals surface area contributed by atoms with Gasteiger partial charge in [-0.15, -0.1) is 11.3 Å². The van der Waals surface area contributed by atoms with Crippen LogP contribution in [-0.2, 0) is 13.1 Å². The van der Waals surface area contributed by atoms with Crippen molar-refractivity contribution in [2.24, 2.45) is 0 Å². The number of rotatable bonds is 6. The summed E-state index contributed by atoms with van der Waals surface area (Å²) in [6.07, 6.45) is 0. The predicted molar refractivity (Wildman–Crippen MR) is 128 cm³/mol. The van der Waals surface area contributed by atoms with Crippen molar-refractivity contribution in [2.45, 2.75) is 26.9 Å². The second-order valence-electron chi connectivity index (χ2n) is 7.47. The maximum absolute atomic E-state index is 12.4. The lowest BCUT2D eigenvalue weighted by atomic mass is 10.0. The fourth-order valence-electron chi connectivity index (χ4n) is 3.65. The molecule has 7 heteroatoms. The fraction of sp³-hybridized carbons (Fsp3) is 0.160. The number of nitrogens with zero attached hydrogens (tertiary/aromatic N) is 3. The first-order valence-electron chi connectivity index (χ1n) is 10.1. The van der Waals surface area contributed by atoms with Gasteiger partial charge in [-0.3, -0.25) is 9.48 Å². The zero-order valence-corrected chi connectivity index (χ0v) is 19.3. The monoisotopic (exact) mass is 460 g/mol. The van der Waals surface area contributed by atoms with Crippen LogP contribution in [0.25, 0.3) is 11.1 Å². The largest absolute Gasteiger partial charge is 0.347 e. The van der Waals surface area contributed by atoms with Gasteiger partial charge in [-0.2, -0.15) is 10.4 Å². The van der Waals surface area contributed by atoms with Crippen LogP contribution in [-0.4, -0.2) is 15.7 Å². The van der Waals surface area contributed by atoms with E-state index in [0.29, 0.717) is 29.2 Å².